The number of hydrogen-bond donors (Lipinski definition) is 1. The molecule has 2 aliphatic rings. The van der Waals surface area contributed by atoms with Crippen LogP contribution >= 0.6 is 0 Å². The molecule has 3 rings (SSSR count). The van der Waals surface area contributed by atoms with Crippen molar-refractivity contribution in [1.29, 1.82) is 0 Å². The average molecular weight is 333 g/mol. The van der Waals surface area contributed by atoms with Gasteiger partial charge in [-0.3, -0.25) is 4.79 Å². The summed E-state index contributed by atoms with van der Waals surface area (Å²) < 4.78 is 13.8. The SMILES string of the molecule is O=C(CCNC1CCCCC1)N1CCN(c2ccccc2F)CC1. The molecule has 1 amide bonds. The van der Waals surface area contributed by atoms with E-state index in [1.165, 1.54) is 38.2 Å². The van der Waals surface area contributed by atoms with Gasteiger partial charge in [-0.1, -0.05) is 31.4 Å². The van der Waals surface area contributed by atoms with Gasteiger partial charge >= 0.3 is 0 Å². The molecule has 1 heterocycles. The van der Waals surface area contributed by atoms with Crippen LogP contribution < -0.4 is 10.2 Å². The summed E-state index contributed by atoms with van der Waals surface area (Å²) in [5, 5.41) is 3.53. The number of carbonyl (C=O) groups is 1. The van der Waals surface area contributed by atoms with Crippen molar-refractivity contribution in [2.75, 3.05) is 37.6 Å². The topological polar surface area (TPSA) is 35.6 Å². The zero-order chi connectivity index (χ0) is 16.8. The summed E-state index contributed by atoms with van der Waals surface area (Å²) in [5.74, 6) is 0.0282. The molecule has 1 saturated carbocycles. The Balaban J connectivity index is 1.39. The zero-order valence-corrected chi connectivity index (χ0v) is 14.3. The first kappa shape index (κ1) is 17.2. The van der Waals surface area contributed by atoms with E-state index in [-0.39, 0.29) is 11.7 Å². The van der Waals surface area contributed by atoms with Crippen molar-refractivity contribution in [3.05, 3.63) is 30.1 Å². The molecule has 1 aromatic carbocycles. The van der Waals surface area contributed by atoms with Crippen molar-refractivity contribution in [3.63, 3.8) is 0 Å². The van der Waals surface area contributed by atoms with Crippen molar-refractivity contribution in [2.45, 2.75) is 44.6 Å². The van der Waals surface area contributed by atoms with E-state index in [2.05, 4.69) is 5.32 Å². The van der Waals surface area contributed by atoms with Gasteiger partial charge in [-0.2, -0.15) is 0 Å². The third-order valence-corrected chi connectivity index (χ3v) is 5.20. The van der Waals surface area contributed by atoms with Gasteiger partial charge in [0.1, 0.15) is 5.82 Å². The molecule has 0 atom stereocenters. The fraction of sp³-hybridized carbons (Fsp3) is 0.632. The molecule has 1 aliphatic carbocycles. The monoisotopic (exact) mass is 333 g/mol. The van der Waals surface area contributed by atoms with Crippen LogP contribution in [-0.4, -0.2) is 49.6 Å². The largest absolute Gasteiger partial charge is 0.366 e. The van der Waals surface area contributed by atoms with E-state index in [9.17, 15) is 9.18 Å². The summed E-state index contributed by atoms with van der Waals surface area (Å²) in [6.45, 7) is 3.52. The van der Waals surface area contributed by atoms with Gasteiger partial charge in [-0.25, -0.2) is 4.39 Å². The summed E-state index contributed by atoms with van der Waals surface area (Å²) in [7, 11) is 0. The average Bonchev–Trinajstić information content (AvgIpc) is 2.63. The Morgan fingerprint density at radius 2 is 1.79 bits per heavy atom. The van der Waals surface area contributed by atoms with Crippen LogP contribution in [0, 0.1) is 5.82 Å². The van der Waals surface area contributed by atoms with E-state index in [0.29, 0.717) is 44.3 Å². The van der Waals surface area contributed by atoms with E-state index in [1.54, 1.807) is 12.1 Å². The van der Waals surface area contributed by atoms with Crippen LogP contribution in [0.15, 0.2) is 24.3 Å². The number of para-hydroxylation sites is 1. The number of carbonyl (C=O) groups excluding carboxylic acids is 1. The van der Waals surface area contributed by atoms with Gasteiger partial charge in [0.05, 0.1) is 5.69 Å². The molecule has 5 heteroatoms. The summed E-state index contributed by atoms with van der Waals surface area (Å²) in [6, 6.07) is 7.46. The third kappa shape index (κ3) is 4.47. The second-order valence-corrected chi connectivity index (χ2v) is 6.86. The first-order chi connectivity index (χ1) is 11.7. The molecular formula is C19H28FN3O. The van der Waals surface area contributed by atoms with Gasteiger partial charge < -0.3 is 15.1 Å². The molecule has 0 radical (unpaired) electrons. The van der Waals surface area contributed by atoms with Crippen molar-refractivity contribution >= 4 is 11.6 Å². The van der Waals surface area contributed by atoms with Gasteiger partial charge in [0.15, 0.2) is 0 Å². The minimum absolute atomic E-state index is 0.186. The van der Waals surface area contributed by atoms with Crippen LogP contribution in [0.2, 0.25) is 0 Å². The Kier molecular flexibility index (Phi) is 6.07. The Morgan fingerprint density at radius 1 is 1.08 bits per heavy atom. The predicted molar refractivity (Wildman–Crippen MR) is 94.7 cm³/mol. The van der Waals surface area contributed by atoms with Crippen molar-refractivity contribution in [1.82, 2.24) is 10.2 Å². The highest BCUT2D eigenvalue weighted by Crippen LogP contribution is 2.20. The highest BCUT2D eigenvalue weighted by Gasteiger charge is 2.22. The molecule has 0 unspecified atom stereocenters. The summed E-state index contributed by atoms with van der Waals surface area (Å²) in [6.07, 6.45) is 7.03. The van der Waals surface area contributed by atoms with E-state index < -0.39 is 0 Å². The van der Waals surface area contributed by atoms with E-state index in [4.69, 9.17) is 0 Å². The van der Waals surface area contributed by atoms with E-state index in [0.717, 1.165) is 6.54 Å². The van der Waals surface area contributed by atoms with Crippen LogP contribution in [0.1, 0.15) is 38.5 Å². The van der Waals surface area contributed by atoms with Crippen molar-refractivity contribution < 1.29 is 9.18 Å². The Bertz CT molecular complexity index is 537. The zero-order valence-electron chi connectivity index (χ0n) is 14.3. The lowest BCUT2D eigenvalue weighted by molar-refractivity contribution is -0.131. The second-order valence-electron chi connectivity index (χ2n) is 6.86. The van der Waals surface area contributed by atoms with Crippen LogP contribution in [-0.2, 0) is 4.79 Å². The molecule has 1 aliphatic heterocycles. The van der Waals surface area contributed by atoms with Crippen molar-refractivity contribution in [2.24, 2.45) is 0 Å². The maximum Gasteiger partial charge on any atom is 0.223 e. The Hall–Kier alpha value is -1.62. The summed E-state index contributed by atoms with van der Waals surface area (Å²) >= 11 is 0. The number of hydrogen-bond acceptors (Lipinski definition) is 3. The molecule has 1 N–H and O–H groups in total. The fourth-order valence-electron chi connectivity index (χ4n) is 3.75. The van der Waals surface area contributed by atoms with Crippen LogP contribution in [0.3, 0.4) is 0 Å². The standard InChI is InChI=1S/C19H28FN3O/c20-17-8-4-5-9-18(17)22-12-14-23(15-13-22)19(24)10-11-21-16-6-2-1-3-7-16/h4-5,8-9,16,21H,1-3,6-7,10-15H2. The highest BCUT2D eigenvalue weighted by atomic mass is 19.1. The van der Waals surface area contributed by atoms with Gasteiger partial charge in [0.25, 0.3) is 0 Å². The van der Waals surface area contributed by atoms with Crippen molar-refractivity contribution in [3.8, 4) is 0 Å². The van der Waals surface area contributed by atoms with E-state index in [1.807, 2.05) is 15.9 Å². The van der Waals surface area contributed by atoms with Gasteiger partial charge in [0, 0.05) is 45.2 Å². The lowest BCUT2D eigenvalue weighted by Gasteiger charge is -2.36. The normalized spacial score (nSPS) is 19.5. The van der Waals surface area contributed by atoms with Crippen LogP contribution in [0.4, 0.5) is 10.1 Å². The van der Waals surface area contributed by atoms with E-state index >= 15 is 0 Å². The number of benzene rings is 1. The molecule has 0 spiro atoms. The maximum atomic E-state index is 13.8. The summed E-state index contributed by atoms with van der Waals surface area (Å²) in [5.41, 5.74) is 0.642. The molecule has 4 nitrogen and oxygen atoms in total. The molecule has 24 heavy (non-hydrogen) atoms. The summed E-state index contributed by atoms with van der Waals surface area (Å²) in [4.78, 5) is 16.3. The Labute approximate surface area is 144 Å². The molecule has 0 aromatic heterocycles. The van der Waals surface area contributed by atoms with Gasteiger partial charge in [0.2, 0.25) is 5.91 Å². The van der Waals surface area contributed by atoms with Gasteiger partial charge in [-0.05, 0) is 25.0 Å². The smallest absolute Gasteiger partial charge is 0.223 e. The Morgan fingerprint density at radius 3 is 2.50 bits per heavy atom. The number of amides is 1. The quantitative estimate of drug-likeness (QED) is 0.900. The first-order valence-electron chi connectivity index (χ1n) is 9.24. The lowest BCUT2D eigenvalue weighted by atomic mass is 9.95. The number of nitrogens with one attached hydrogen (secondary N) is 1. The van der Waals surface area contributed by atoms with Gasteiger partial charge in [-0.15, -0.1) is 0 Å². The van der Waals surface area contributed by atoms with Crippen LogP contribution in [0.5, 0.6) is 0 Å². The fourth-order valence-corrected chi connectivity index (χ4v) is 3.75. The molecular weight excluding hydrogens is 305 g/mol. The maximum absolute atomic E-state index is 13.8. The second kappa shape index (κ2) is 8.47. The number of nitrogens with zero attached hydrogens (tertiary/aromatic N) is 2. The highest BCUT2D eigenvalue weighted by molar-refractivity contribution is 5.76. The predicted octanol–water partition coefficient (Wildman–Crippen LogP) is 2.79. The molecule has 2 fully saturated rings. The minimum atomic E-state index is -0.186. The number of anilines is 1. The third-order valence-electron chi connectivity index (χ3n) is 5.20. The number of rotatable bonds is 5. The number of halogens is 1. The molecule has 132 valence electrons. The molecule has 1 saturated heterocycles. The molecule has 1 aromatic rings. The minimum Gasteiger partial charge on any atom is -0.366 e. The molecule has 0 bridgehead atoms. The number of piperazine rings is 1. The first-order valence-corrected chi connectivity index (χ1v) is 9.24. The lowest BCUT2D eigenvalue weighted by Crippen LogP contribution is -2.49. The van der Waals surface area contributed by atoms with Crippen LogP contribution in [0.25, 0.3) is 0 Å².